The summed E-state index contributed by atoms with van der Waals surface area (Å²) in [5.74, 6) is 1.37. The average molecular weight is 366 g/mol. The van der Waals surface area contributed by atoms with Gasteiger partial charge in [0.15, 0.2) is 11.2 Å². The molecule has 3 aromatic heterocycles. The summed E-state index contributed by atoms with van der Waals surface area (Å²) >= 11 is 0. The molecular formula is C19H22N6O2. The number of carbonyl (C=O) groups excluding carboxylic acids is 1. The van der Waals surface area contributed by atoms with E-state index in [2.05, 4.69) is 15.0 Å². The molecular weight excluding hydrogens is 344 g/mol. The van der Waals surface area contributed by atoms with Crippen molar-refractivity contribution in [2.75, 3.05) is 13.1 Å². The number of rotatable bonds is 4. The number of aromatic nitrogens is 5. The number of fused-ring (bicyclic) bond motifs is 1. The van der Waals surface area contributed by atoms with E-state index in [1.807, 2.05) is 42.5 Å². The van der Waals surface area contributed by atoms with Crippen LogP contribution in [0.2, 0.25) is 0 Å². The van der Waals surface area contributed by atoms with Crippen LogP contribution in [-0.2, 0) is 11.8 Å². The molecule has 1 aliphatic heterocycles. The molecule has 4 heterocycles. The van der Waals surface area contributed by atoms with Gasteiger partial charge in [0.2, 0.25) is 11.8 Å². The van der Waals surface area contributed by atoms with Gasteiger partial charge in [-0.15, -0.1) is 0 Å². The van der Waals surface area contributed by atoms with Gasteiger partial charge in [-0.05, 0) is 19.1 Å². The maximum Gasteiger partial charge on any atom is 0.245 e. The molecule has 1 aliphatic rings. The number of amides is 1. The predicted molar refractivity (Wildman–Crippen MR) is 100 cm³/mol. The predicted octanol–water partition coefficient (Wildman–Crippen LogP) is 2.12. The highest BCUT2D eigenvalue weighted by Crippen LogP contribution is 2.28. The fourth-order valence-electron chi connectivity index (χ4n) is 3.36. The Labute approximate surface area is 157 Å². The summed E-state index contributed by atoms with van der Waals surface area (Å²) in [5, 5.41) is 0. The number of carbonyl (C=O) groups is 1. The van der Waals surface area contributed by atoms with Gasteiger partial charge in [-0.2, -0.15) is 4.98 Å². The van der Waals surface area contributed by atoms with Crippen molar-refractivity contribution in [1.82, 2.24) is 29.4 Å². The summed E-state index contributed by atoms with van der Waals surface area (Å²) in [6.45, 7) is 5.12. The second-order valence-corrected chi connectivity index (χ2v) is 6.76. The zero-order valence-corrected chi connectivity index (χ0v) is 15.7. The molecule has 3 aromatic rings. The summed E-state index contributed by atoms with van der Waals surface area (Å²) in [6, 6.07) is 3.94. The van der Waals surface area contributed by atoms with Crippen LogP contribution in [0.15, 0.2) is 24.7 Å². The molecule has 0 N–H and O–H groups in total. The van der Waals surface area contributed by atoms with Gasteiger partial charge in [0.1, 0.15) is 18.3 Å². The lowest BCUT2D eigenvalue weighted by atomic mass is 10.2. The number of aryl methyl sites for hydroxylation is 2. The summed E-state index contributed by atoms with van der Waals surface area (Å²) in [5.41, 5.74) is 3.19. The molecule has 4 rings (SSSR count). The maximum atomic E-state index is 11.9. The summed E-state index contributed by atoms with van der Waals surface area (Å²) < 4.78 is 8.01. The first kappa shape index (κ1) is 17.4. The van der Waals surface area contributed by atoms with Crippen LogP contribution in [0.25, 0.3) is 22.6 Å². The van der Waals surface area contributed by atoms with Crippen LogP contribution < -0.4 is 4.74 Å². The highest BCUT2D eigenvalue weighted by molar-refractivity contribution is 5.81. The number of likely N-dealkylation sites (tertiary alicyclic amines) is 1. The lowest BCUT2D eigenvalue weighted by molar-refractivity contribution is -0.130. The van der Waals surface area contributed by atoms with Crippen molar-refractivity contribution in [3.8, 4) is 17.3 Å². The number of hydrogen-bond acceptors (Lipinski definition) is 6. The molecule has 1 saturated heterocycles. The van der Waals surface area contributed by atoms with E-state index in [-0.39, 0.29) is 12.0 Å². The van der Waals surface area contributed by atoms with Gasteiger partial charge in [-0.3, -0.25) is 9.78 Å². The smallest absolute Gasteiger partial charge is 0.245 e. The SMILES string of the molecule is CCC(=O)N1CCC(Oc2ncnc3c2nc(-c2ccc(C)nc2)n3C)C1. The molecule has 0 aromatic carbocycles. The molecule has 27 heavy (non-hydrogen) atoms. The van der Waals surface area contributed by atoms with Crippen LogP contribution in [0, 0.1) is 6.92 Å². The topological polar surface area (TPSA) is 86.0 Å². The highest BCUT2D eigenvalue weighted by atomic mass is 16.5. The summed E-state index contributed by atoms with van der Waals surface area (Å²) in [4.78, 5) is 31.4. The third-order valence-electron chi connectivity index (χ3n) is 4.87. The number of imidazole rings is 1. The lowest BCUT2D eigenvalue weighted by Gasteiger charge is -2.16. The Kier molecular flexibility index (Phi) is 4.47. The van der Waals surface area contributed by atoms with E-state index in [4.69, 9.17) is 9.72 Å². The molecule has 1 fully saturated rings. The Morgan fingerprint density at radius 3 is 2.89 bits per heavy atom. The Morgan fingerprint density at radius 2 is 2.15 bits per heavy atom. The molecule has 0 bridgehead atoms. The second-order valence-electron chi connectivity index (χ2n) is 6.76. The van der Waals surface area contributed by atoms with E-state index in [1.165, 1.54) is 6.33 Å². The van der Waals surface area contributed by atoms with Crippen molar-refractivity contribution in [2.24, 2.45) is 7.05 Å². The van der Waals surface area contributed by atoms with Gasteiger partial charge in [0, 0.05) is 43.9 Å². The van der Waals surface area contributed by atoms with E-state index in [0.29, 0.717) is 36.6 Å². The molecule has 8 nitrogen and oxygen atoms in total. The van der Waals surface area contributed by atoms with Crippen LogP contribution >= 0.6 is 0 Å². The van der Waals surface area contributed by atoms with Crippen molar-refractivity contribution in [2.45, 2.75) is 32.8 Å². The van der Waals surface area contributed by atoms with Gasteiger partial charge in [-0.25, -0.2) is 9.97 Å². The number of pyridine rings is 1. The van der Waals surface area contributed by atoms with Crippen LogP contribution in [-0.4, -0.2) is 54.5 Å². The minimum absolute atomic E-state index is 0.0786. The van der Waals surface area contributed by atoms with E-state index in [0.717, 1.165) is 23.5 Å². The zero-order valence-electron chi connectivity index (χ0n) is 15.7. The fourth-order valence-corrected chi connectivity index (χ4v) is 3.36. The van der Waals surface area contributed by atoms with Crippen molar-refractivity contribution >= 4 is 17.1 Å². The van der Waals surface area contributed by atoms with Crippen molar-refractivity contribution in [1.29, 1.82) is 0 Å². The molecule has 140 valence electrons. The third kappa shape index (κ3) is 3.22. The summed E-state index contributed by atoms with van der Waals surface area (Å²) in [6.07, 6.45) is 4.51. The fraction of sp³-hybridized carbons (Fsp3) is 0.421. The van der Waals surface area contributed by atoms with E-state index < -0.39 is 0 Å². The molecule has 8 heteroatoms. The first-order valence-corrected chi connectivity index (χ1v) is 9.11. The maximum absolute atomic E-state index is 11.9. The van der Waals surface area contributed by atoms with Crippen LogP contribution in [0.4, 0.5) is 0 Å². The first-order valence-electron chi connectivity index (χ1n) is 9.11. The van der Waals surface area contributed by atoms with E-state index in [9.17, 15) is 4.79 Å². The average Bonchev–Trinajstić information content (AvgIpc) is 3.28. The number of ether oxygens (including phenoxy) is 1. The van der Waals surface area contributed by atoms with Gasteiger partial charge < -0.3 is 14.2 Å². The van der Waals surface area contributed by atoms with Crippen molar-refractivity contribution in [3.63, 3.8) is 0 Å². The largest absolute Gasteiger partial charge is 0.471 e. The Bertz CT molecular complexity index is 982. The first-order chi connectivity index (χ1) is 13.1. The molecule has 0 spiro atoms. The molecule has 0 aliphatic carbocycles. The Morgan fingerprint density at radius 1 is 1.30 bits per heavy atom. The minimum Gasteiger partial charge on any atom is -0.471 e. The third-order valence-corrected chi connectivity index (χ3v) is 4.87. The Balaban J connectivity index is 1.64. The van der Waals surface area contributed by atoms with Crippen molar-refractivity contribution < 1.29 is 9.53 Å². The minimum atomic E-state index is -0.0786. The van der Waals surface area contributed by atoms with Crippen LogP contribution in [0.5, 0.6) is 5.88 Å². The van der Waals surface area contributed by atoms with Crippen molar-refractivity contribution in [3.05, 3.63) is 30.4 Å². The number of hydrogen-bond donors (Lipinski definition) is 0. The van der Waals surface area contributed by atoms with Gasteiger partial charge in [-0.1, -0.05) is 6.92 Å². The lowest BCUT2D eigenvalue weighted by Crippen LogP contribution is -2.30. The molecule has 0 radical (unpaired) electrons. The van der Waals surface area contributed by atoms with Crippen LogP contribution in [0.1, 0.15) is 25.5 Å². The van der Waals surface area contributed by atoms with E-state index in [1.54, 1.807) is 6.20 Å². The monoisotopic (exact) mass is 366 g/mol. The van der Waals surface area contributed by atoms with Gasteiger partial charge >= 0.3 is 0 Å². The molecule has 1 amide bonds. The van der Waals surface area contributed by atoms with Crippen LogP contribution in [0.3, 0.4) is 0 Å². The highest BCUT2D eigenvalue weighted by Gasteiger charge is 2.28. The standard InChI is InChI=1S/C19H22N6O2/c1-4-15(26)25-8-7-14(10-25)27-19-16-18(21-11-22-19)24(3)17(23-16)13-6-5-12(2)20-9-13/h5-6,9,11,14H,4,7-8,10H2,1-3H3. The zero-order chi connectivity index (χ0) is 19.0. The summed E-state index contributed by atoms with van der Waals surface area (Å²) in [7, 11) is 1.92. The number of nitrogens with zero attached hydrogens (tertiary/aromatic N) is 6. The molecule has 1 atom stereocenters. The molecule has 0 saturated carbocycles. The van der Waals surface area contributed by atoms with E-state index >= 15 is 0 Å². The van der Waals surface area contributed by atoms with Gasteiger partial charge in [0.05, 0.1) is 6.54 Å². The normalized spacial score (nSPS) is 16.9. The molecule has 1 unspecified atom stereocenters. The van der Waals surface area contributed by atoms with Gasteiger partial charge in [0.25, 0.3) is 0 Å². The Hall–Kier alpha value is -3.03. The second kappa shape index (κ2) is 6.94. The quantitative estimate of drug-likeness (QED) is 0.703.